The molecule has 0 saturated heterocycles. The van der Waals surface area contributed by atoms with E-state index in [1.54, 1.807) is 0 Å². The number of aliphatic carboxylic acids is 1. The summed E-state index contributed by atoms with van der Waals surface area (Å²) in [4.78, 5) is 113. The van der Waals surface area contributed by atoms with Gasteiger partial charge in [0, 0.05) is 0 Å². The van der Waals surface area contributed by atoms with E-state index in [-0.39, 0.29) is 73.2 Å². The number of amides is 7. The average molecular weight is 1130 g/mol. The third kappa shape index (κ3) is 13.7. The molecule has 0 aromatic heterocycles. The van der Waals surface area contributed by atoms with Crippen molar-refractivity contribution < 1.29 is 78.5 Å². The van der Waals surface area contributed by atoms with Crippen LogP contribution in [0, 0.1) is 5.92 Å². The van der Waals surface area contributed by atoms with E-state index in [4.69, 9.17) is 38.4 Å². The summed E-state index contributed by atoms with van der Waals surface area (Å²) < 4.78 is 12.2. The molecule has 5 aromatic carbocycles. The lowest BCUT2D eigenvalue weighted by Gasteiger charge is -2.30. The number of primary amides is 1. The number of aliphatic hydroxyl groups is 2. The molecule has 9 atom stereocenters. The van der Waals surface area contributed by atoms with Gasteiger partial charge in [0.05, 0.1) is 22.5 Å². The van der Waals surface area contributed by atoms with Crippen LogP contribution >= 0.6 is 23.2 Å². The van der Waals surface area contributed by atoms with Gasteiger partial charge in [-0.2, -0.15) is 0 Å². The Morgan fingerprint density at radius 3 is 1.76 bits per heavy atom. The normalized spacial score (nSPS) is 21.3. The van der Waals surface area contributed by atoms with Gasteiger partial charge in [-0.1, -0.05) is 73.4 Å². The molecule has 0 saturated carbocycles. The fourth-order valence-corrected chi connectivity index (χ4v) is 9.09. The molecule has 15 N–H and O–H groups in total. The summed E-state index contributed by atoms with van der Waals surface area (Å²) in [5.41, 5.74) is 4.84. The average Bonchev–Trinajstić information content (AvgIpc) is 3.41. The van der Waals surface area contributed by atoms with Gasteiger partial charge in [0.15, 0.2) is 17.5 Å². The second-order valence-electron chi connectivity index (χ2n) is 18.9. The number of hydrogen-bond donors (Lipinski definition) is 14. The lowest BCUT2D eigenvalue weighted by molar-refractivity contribution is -0.143. The van der Waals surface area contributed by atoms with Crippen molar-refractivity contribution in [2.24, 2.45) is 11.7 Å². The van der Waals surface area contributed by atoms with Crippen molar-refractivity contribution in [2.75, 3.05) is 7.05 Å². The summed E-state index contributed by atoms with van der Waals surface area (Å²) in [6.07, 6.45) is -4.67. The first kappa shape index (κ1) is 58.0. The third-order valence-electron chi connectivity index (χ3n) is 12.7. The van der Waals surface area contributed by atoms with Crippen LogP contribution in [0.2, 0.25) is 10.0 Å². The Hall–Kier alpha value is -8.68. The minimum atomic E-state index is -2.14. The summed E-state index contributed by atoms with van der Waals surface area (Å²) >= 11 is 13.5. The van der Waals surface area contributed by atoms with Gasteiger partial charge in [-0.05, 0) is 108 Å². The standard InChI is InChI=1S/C53H54Cl2N8O16/c1-22(2)15-32(57-3)47(70)62-42-44(67)25-9-13-34(30(54)17-25)78-36-19-27-20-37(46(36)69)79-35-14-10-26(18-31(35)55)45(68)43(52(75)61-41(53(76)77)24-5-4-6-29(65)16-24)63-49(72)39(23-7-11-28(64)12-8-23)60-50(73)40(27)59-48(71)33(21-38(56)66)58-51(42)74/h4-14,16-20,22,32-33,39-45,57,64-65,67-69H,15,21H2,1-3H3,(H2,56,66)(H,58,74)(H,59,71)(H,60,73)(H,61,75)(H,62,70)(H,63,72)(H,76,77). The zero-order chi connectivity index (χ0) is 57.6. The number of rotatable bonds is 12. The molecule has 7 bridgehead atoms. The number of benzene rings is 5. The molecule has 9 unspecified atom stereocenters. The molecule has 0 aliphatic carbocycles. The fourth-order valence-electron chi connectivity index (χ4n) is 8.64. The molecule has 4 heterocycles. The number of phenolic OH excluding ortho intramolecular Hbond substituents is 3. The molecule has 5 aromatic rings. The van der Waals surface area contributed by atoms with Gasteiger partial charge in [-0.3, -0.25) is 33.6 Å². The molecular formula is C53H54Cl2N8O16. The number of ether oxygens (including phenoxy) is 2. The fraction of sp³-hybridized carbons (Fsp3) is 0.283. The monoisotopic (exact) mass is 1130 g/mol. The Labute approximate surface area is 459 Å². The first-order valence-electron chi connectivity index (χ1n) is 24.2. The highest BCUT2D eigenvalue weighted by Gasteiger charge is 2.40. The Bertz CT molecular complexity index is 3200. The molecule has 4 aliphatic rings. The highest BCUT2D eigenvalue weighted by molar-refractivity contribution is 6.32. The van der Waals surface area contributed by atoms with Crippen molar-refractivity contribution in [1.82, 2.24) is 37.2 Å². The maximum Gasteiger partial charge on any atom is 0.330 e. The summed E-state index contributed by atoms with van der Waals surface area (Å²) in [7, 11) is 1.50. The van der Waals surface area contributed by atoms with Crippen LogP contribution < -0.4 is 52.4 Å². The zero-order valence-corrected chi connectivity index (χ0v) is 43.5. The van der Waals surface area contributed by atoms with E-state index in [9.17, 15) is 64.2 Å². The Morgan fingerprint density at radius 1 is 0.658 bits per heavy atom. The maximum atomic E-state index is 15.2. The van der Waals surface area contributed by atoms with Gasteiger partial charge in [0.1, 0.15) is 65.4 Å². The molecule has 79 heavy (non-hydrogen) atoms. The maximum absolute atomic E-state index is 15.2. The smallest absolute Gasteiger partial charge is 0.330 e. The Balaban J connectivity index is 1.41. The number of likely N-dealkylation sites (N-methyl/N-ethyl adjacent to an activating group) is 1. The third-order valence-corrected chi connectivity index (χ3v) is 13.3. The van der Waals surface area contributed by atoms with Gasteiger partial charge in [0.25, 0.3) is 0 Å². The number of halogens is 2. The summed E-state index contributed by atoms with van der Waals surface area (Å²) in [5.74, 6) is -12.9. The quantitative estimate of drug-likeness (QED) is 0.0854. The van der Waals surface area contributed by atoms with Crippen molar-refractivity contribution >= 4 is 70.5 Å². The number of hydrogen-bond acceptors (Lipinski definition) is 16. The number of nitrogens with one attached hydrogen (secondary N) is 7. The van der Waals surface area contributed by atoms with Crippen molar-refractivity contribution in [3.05, 3.63) is 135 Å². The minimum Gasteiger partial charge on any atom is -0.508 e. The lowest BCUT2D eigenvalue weighted by atomic mass is 9.97. The molecule has 0 fully saturated rings. The van der Waals surface area contributed by atoms with Crippen LogP contribution in [-0.4, -0.2) is 109 Å². The highest BCUT2D eigenvalue weighted by atomic mass is 35.5. The van der Waals surface area contributed by atoms with Crippen LogP contribution in [0.3, 0.4) is 0 Å². The second-order valence-corrected chi connectivity index (χ2v) is 19.7. The largest absolute Gasteiger partial charge is 0.508 e. The van der Waals surface area contributed by atoms with E-state index in [2.05, 4.69) is 37.2 Å². The van der Waals surface area contributed by atoms with Crippen LogP contribution in [0.15, 0.2) is 97.1 Å². The van der Waals surface area contributed by atoms with Crippen LogP contribution in [0.25, 0.3) is 0 Å². The molecule has 0 radical (unpaired) electrons. The SMILES string of the molecule is CNC(CC(C)C)C(=O)NC1C(=O)NC(CC(N)=O)C(=O)NC2C(=O)NC(c3ccc(O)cc3)C(=O)NC(C(=O)NC(C(=O)O)c3cccc(O)c3)C(O)c3ccc(c(Cl)c3)Oc3cc2cc(c3O)Oc2ccc(cc2Cl)C1O. The molecule has 9 rings (SSSR count). The van der Waals surface area contributed by atoms with E-state index in [1.165, 1.54) is 67.7 Å². The van der Waals surface area contributed by atoms with Gasteiger partial charge >= 0.3 is 5.97 Å². The minimum absolute atomic E-state index is 0.0238. The van der Waals surface area contributed by atoms with Crippen molar-refractivity contribution in [1.29, 1.82) is 0 Å². The predicted octanol–water partition coefficient (Wildman–Crippen LogP) is 2.71. The van der Waals surface area contributed by atoms with E-state index in [0.717, 1.165) is 36.4 Å². The van der Waals surface area contributed by atoms with E-state index >= 15 is 4.79 Å². The zero-order valence-electron chi connectivity index (χ0n) is 42.0. The van der Waals surface area contributed by atoms with Gasteiger partial charge in [0.2, 0.25) is 47.1 Å². The van der Waals surface area contributed by atoms with Crippen LogP contribution in [0.4, 0.5) is 0 Å². The number of nitrogens with two attached hydrogens (primary N) is 1. The molecule has 24 nitrogen and oxygen atoms in total. The van der Waals surface area contributed by atoms with E-state index < -0.39 is 125 Å². The molecule has 26 heteroatoms. The van der Waals surface area contributed by atoms with E-state index in [0.29, 0.717) is 0 Å². The molecule has 7 amide bonds. The van der Waals surface area contributed by atoms with Gasteiger partial charge in [-0.15, -0.1) is 0 Å². The first-order valence-corrected chi connectivity index (χ1v) is 24.9. The van der Waals surface area contributed by atoms with Gasteiger partial charge in [-0.25, -0.2) is 4.79 Å². The van der Waals surface area contributed by atoms with Crippen LogP contribution in [0.5, 0.6) is 40.2 Å². The lowest BCUT2D eigenvalue weighted by Crippen LogP contribution is -2.59. The number of carbonyl (C=O) groups is 8. The number of carboxylic acid groups (broad SMARTS) is 1. The second kappa shape index (κ2) is 24.8. The number of fused-ring (bicyclic) bond motifs is 16. The molecule has 416 valence electrons. The summed E-state index contributed by atoms with van der Waals surface area (Å²) in [5, 5.41) is 83.0. The molecule has 4 aliphatic heterocycles. The Kier molecular flexibility index (Phi) is 18.2. The number of aromatic hydroxyl groups is 3. The number of carbonyl (C=O) groups excluding carboxylic acids is 7. The topological polar surface area (TPSA) is 387 Å². The van der Waals surface area contributed by atoms with Gasteiger partial charge < -0.3 is 83.1 Å². The number of phenols is 3. The Morgan fingerprint density at radius 2 is 1.22 bits per heavy atom. The van der Waals surface area contributed by atoms with Crippen LogP contribution in [-0.2, 0) is 38.4 Å². The predicted molar refractivity (Wildman–Crippen MR) is 279 cm³/mol. The number of aliphatic hydroxyl groups excluding tert-OH is 2. The van der Waals surface area contributed by atoms with Crippen molar-refractivity contribution in [3.8, 4) is 40.2 Å². The summed E-state index contributed by atoms with van der Waals surface area (Å²) in [6.45, 7) is 3.69. The van der Waals surface area contributed by atoms with Crippen LogP contribution in [0.1, 0.15) is 84.8 Å². The molecule has 0 spiro atoms. The summed E-state index contributed by atoms with van der Waals surface area (Å²) in [6, 6.07) is 6.02. The van der Waals surface area contributed by atoms with Crippen molar-refractivity contribution in [2.45, 2.75) is 81.2 Å². The first-order chi connectivity index (χ1) is 37.4. The van der Waals surface area contributed by atoms with Crippen molar-refractivity contribution in [3.63, 3.8) is 0 Å². The number of carboxylic acids is 1. The molecular weight excluding hydrogens is 1080 g/mol. The van der Waals surface area contributed by atoms with E-state index in [1.807, 2.05) is 13.8 Å². The highest BCUT2D eigenvalue weighted by Crippen LogP contribution is 2.46.